The molecule has 2 atom stereocenters. The Bertz CT molecular complexity index is 616. The van der Waals surface area contributed by atoms with Crippen molar-refractivity contribution < 1.29 is 9.53 Å². The van der Waals surface area contributed by atoms with Crippen molar-refractivity contribution in [1.29, 1.82) is 0 Å². The van der Waals surface area contributed by atoms with Gasteiger partial charge in [-0.3, -0.25) is 4.79 Å². The van der Waals surface area contributed by atoms with Gasteiger partial charge in [-0.2, -0.15) is 0 Å². The van der Waals surface area contributed by atoms with E-state index in [4.69, 9.17) is 4.74 Å². The van der Waals surface area contributed by atoms with E-state index in [9.17, 15) is 4.79 Å². The van der Waals surface area contributed by atoms with Crippen LogP contribution in [0.4, 0.5) is 5.82 Å². The molecule has 1 fully saturated rings. The summed E-state index contributed by atoms with van der Waals surface area (Å²) in [6.45, 7) is 0. The predicted octanol–water partition coefficient (Wildman–Crippen LogP) is 3.48. The maximum absolute atomic E-state index is 11.4. The molecule has 2 aromatic rings. The normalized spacial score (nSPS) is 19.9. The number of ether oxygens (including phenoxy) is 1. The Kier molecular flexibility index (Phi) is 4.10. The van der Waals surface area contributed by atoms with Gasteiger partial charge in [0.1, 0.15) is 5.82 Å². The number of anilines is 1. The number of hydrogen-bond acceptors (Lipinski definition) is 5. The molecule has 1 aromatic heterocycles. The van der Waals surface area contributed by atoms with Gasteiger partial charge in [0.2, 0.25) is 0 Å². The van der Waals surface area contributed by atoms with Crippen LogP contribution >= 0.6 is 11.9 Å². The second-order valence-electron chi connectivity index (χ2n) is 4.96. The molecule has 0 saturated heterocycles. The van der Waals surface area contributed by atoms with Gasteiger partial charge in [-0.25, -0.2) is 4.98 Å². The molecule has 1 aromatic carbocycles. The number of esters is 1. The van der Waals surface area contributed by atoms with E-state index in [0.29, 0.717) is 5.92 Å². The van der Waals surface area contributed by atoms with E-state index in [-0.39, 0.29) is 11.9 Å². The van der Waals surface area contributed by atoms with Gasteiger partial charge in [0, 0.05) is 11.1 Å². The topological polar surface area (TPSA) is 51.2 Å². The molecule has 0 spiro atoms. The summed E-state index contributed by atoms with van der Waals surface area (Å²) in [6, 6.07) is 14.0. The van der Waals surface area contributed by atoms with Crippen molar-refractivity contribution in [2.24, 2.45) is 5.92 Å². The number of carbonyl (C=O) groups excluding carboxylic acids is 1. The number of methoxy groups -OCH3 is 1. The third-order valence-electron chi connectivity index (χ3n) is 3.54. The Hall–Kier alpha value is -2.01. The summed E-state index contributed by atoms with van der Waals surface area (Å²) in [7, 11) is 1.45. The minimum absolute atomic E-state index is 0.0418. The van der Waals surface area contributed by atoms with E-state index < -0.39 is 0 Å². The van der Waals surface area contributed by atoms with Crippen LogP contribution in [0.3, 0.4) is 0 Å². The Morgan fingerprint density at radius 2 is 2.10 bits per heavy atom. The van der Waals surface area contributed by atoms with Crippen molar-refractivity contribution in [2.75, 3.05) is 11.8 Å². The highest BCUT2D eigenvalue weighted by atomic mass is 32.2. The molecule has 4 nitrogen and oxygen atoms in total. The quantitative estimate of drug-likeness (QED) is 0.677. The van der Waals surface area contributed by atoms with Gasteiger partial charge < -0.3 is 9.46 Å². The van der Waals surface area contributed by atoms with Crippen molar-refractivity contribution >= 4 is 23.7 Å². The van der Waals surface area contributed by atoms with Crippen LogP contribution in [0.25, 0.3) is 0 Å². The Morgan fingerprint density at radius 1 is 1.29 bits per heavy atom. The van der Waals surface area contributed by atoms with E-state index in [1.807, 2.05) is 18.2 Å². The fraction of sp³-hybridized carbons (Fsp3) is 0.250. The molecule has 1 N–H and O–H groups in total. The van der Waals surface area contributed by atoms with E-state index in [1.54, 1.807) is 6.20 Å². The molecular formula is C16H16N2O2S. The molecule has 0 bridgehead atoms. The van der Waals surface area contributed by atoms with Crippen LogP contribution in [0.15, 0.2) is 53.6 Å². The summed E-state index contributed by atoms with van der Waals surface area (Å²) in [5.74, 6) is 1.09. The highest BCUT2D eigenvalue weighted by Crippen LogP contribution is 2.48. The largest absolute Gasteiger partial charge is 0.469 e. The Morgan fingerprint density at radius 3 is 2.76 bits per heavy atom. The van der Waals surface area contributed by atoms with Crippen LogP contribution in [-0.2, 0) is 9.53 Å². The smallest absolute Gasteiger partial charge is 0.309 e. The molecule has 2 unspecified atom stereocenters. The highest BCUT2D eigenvalue weighted by Gasteiger charge is 2.44. The van der Waals surface area contributed by atoms with Crippen LogP contribution in [0.1, 0.15) is 17.9 Å². The third kappa shape index (κ3) is 3.36. The number of benzene rings is 1. The molecule has 0 radical (unpaired) electrons. The maximum atomic E-state index is 11.4. The van der Waals surface area contributed by atoms with Crippen LogP contribution in [-0.4, -0.2) is 18.1 Å². The third-order valence-corrected chi connectivity index (χ3v) is 4.36. The molecule has 1 saturated carbocycles. The van der Waals surface area contributed by atoms with Crippen LogP contribution in [0, 0.1) is 5.92 Å². The first-order chi connectivity index (χ1) is 10.3. The van der Waals surface area contributed by atoms with Gasteiger partial charge in [0.15, 0.2) is 0 Å². The molecule has 3 rings (SSSR count). The summed E-state index contributed by atoms with van der Waals surface area (Å²) >= 11 is 1.52. The maximum Gasteiger partial charge on any atom is 0.309 e. The monoisotopic (exact) mass is 300 g/mol. The number of hydrogen-bond donors (Lipinski definition) is 1. The summed E-state index contributed by atoms with van der Waals surface area (Å²) < 4.78 is 7.97. The molecule has 1 aliphatic rings. The minimum atomic E-state index is -0.102. The zero-order valence-corrected chi connectivity index (χ0v) is 12.5. The van der Waals surface area contributed by atoms with Crippen LogP contribution in [0.2, 0.25) is 0 Å². The van der Waals surface area contributed by atoms with Gasteiger partial charge in [0.05, 0.1) is 13.0 Å². The molecule has 1 aliphatic carbocycles. The number of nitrogens with zero attached hydrogens (tertiary/aromatic N) is 1. The van der Waals surface area contributed by atoms with E-state index in [1.165, 1.54) is 24.6 Å². The van der Waals surface area contributed by atoms with Gasteiger partial charge in [-0.1, -0.05) is 18.2 Å². The zero-order chi connectivity index (χ0) is 14.7. The second kappa shape index (κ2) is 6.18. The molecule has 108 valence electrons. The lowest BCUT2D eigenvalue weighted by Gasteiger charge is -2.05. The van der Waals surface area contributed by atoms with Gasteiger partial charge >= 0.3 is 5.97 Å². The summed E-state index contributed by atoms with van der Waals surface area (Å²) in [6.07, 6.45) is 2.65. The average Bonchev–Trinajstić information content (AvgIpc) is 3.34. The van der Waals surface area contributed by atoms with Crippen molar-refractivity contribution in [3.05, 3.63) is 54.2 Å². The Labute approximate surface area is 128 Å². The lowest BCUT2D eigenvalue weighted by atomic mass is 10.1. The number of aromatic nitrogens is 1. The second-order valence-corrected chi connectivity index (χ2v) is 5.84. The van der Waals surface area contributed by atoms with Gasteiger partial charge in [-0.05, 0) is 54.1 Å². The van der Waals surface area contributed by atoms with Crippen molar-refractivity contribution in [1.82, 2.24) is 4.98 Å². The average molecular weight is 300 g/mol. The molecule has 5 heteroatoms. The first-order valence-corrected chi connectivity index (χ1v) is 7.61. The molecule has 1 heterocycles. The summed E-state index contributed by atoms with van der Waals surface area (Å²) in [4.78, 5) is 16.8. The fourth-order valence-corrected chi connectivity index (χ4v) is 2.91. The van der Waals surface area contributed by atoms with Crippen LogP contribution < -0.4 is 4.72 Å². The molecule has 0 amide bonds. The lowest BCUT2D eigenvalue weighted by Crippen LogP contribution is -2.03. The SMILES string of the molecule is COC(=O)C1CC1c1ccc(SNc2ccccn2)cc1. The standard InChI is InChI=1S/C16H16N2O2S/c1-20-16(19)14-10-13(14)11-5-7-12(8-6-11)21-18-15-4-2-3-9-17-15/h2-9,13-14H,10H2,1H3,(H,17,18). The number of rotatable bonds is 5. The van der Waals surface area contributed by atoms with Crippen molar-refractivity contribution in [2.45, 2.75) is 17.2 Å². The molecule has 21 heavy (non-hydrogen) atoms. The zero-order valence-electron chi connectivity index (χ0n) is 11.7. The lowest BCUT2D eigenvalue weighted by molar-refractivity contribution is -0.142. The van der Waals surface area contributed by atoms with Gasteiger partial charge in [-0.15, -0.1) is 0 Å². The number of nitrogens with one attached hydrogen (secondary N) is 1. The van der Waals surface area contributed by atoms with E-state index >= 15 is 0 Å². The summed E-state index contributed by atoms with van der Waals surface area (Å²) in [5, 5.41) is 0. The first-order valence-electron chi connectivity index (χ1n) is 6.79. The van der Waals surface area contributed by atoms with Crippen molar-refractivity contribution in [3.8, 4) is 0 Å². The minimum Gasteiger partial charge on any atom is -0.469 e. The number of carbonyl (C=O) groups is 1. The van der Waals surface area contributed by atoms with Crippen molar-refractivity contribution in [3.63, 3.8) is 0 Å². The first kappa shape index (κ1) is 13.9. The molecular weight excluding hydrogens is 284 g/mol. The molecule has 0 aliphatic heterocycles. The number of pyridine rings is 1. The van der Waals surface area contributed by atoms with E-state index in [2.05, 4.69) is 34.0 Å². The highest BCUT2D eigenvalue weighted by molar-refractivity contribution is 8.00. The Balaban J connectivity index is 1.57. The van der Waals surface area contributed by atoms with Gasteiger partial charge in [0.25, 0.3) is 0 Å². The predicted molar refractivity (Wildman–Crippen MR) is 83.0 cm³/mol. The van der Waals surface area contributed by atoms with E-state index in [0.717, 1.165) is 17.1 Å². The summed E-state index contributed by atoms with van der Waals surface area (Å²) in [5.41, 5.74) is 1.20. The van der Waals surface area contributed by atoms with Crippen LogP contribution in [0.5, 0.6) is 0 Å². The fourth-order valence-electron chi connectivity index (χ4n) is 2.29.